The van der Waals surface area contributed by atoms with Crippen molar-refractivity contribution >= 4 is 34.8 Å². The number of amides is 1. The molecule has 1 aromatic carbocycles. The van der Waals surface area contributed by atoms with Crippen molar-refractivity contribution in [1.82, 2.24) is 15.5 Å². The topological polar surface area (TPSA) is 56.7 Å². The lowest BCUT2D eigenvalue weighted by Gasteiger charge is -2.22. The summed E-state index contributed by atoms with van der Waals surface area (Å²) < 4.78 is 0. The molecule has 0 fully saturated rings. The molecule has 0 saturated carbocycles. The zero-order chi connectivity index (χ0) is 18.1. The molecule has 134 valence electrons. The van der Waals surface area contributed by atoms with E-state index in [1.165, 1.54) is 11.3 Å². The zero-order valence-corrected chi connectivity index (χ0v) is 16.0. The first kappa shape index (κ1) is 19.3. The highest BCUT2D eigenvalue weighted by atomic mass is 35.5. The van der Waals surface area contributed by atoms with Gasteiger partial charge in [-0.05, 0) is 35.6 Å². The normalized spacial score (nSPS) is 11.2. The van der Waals surface area contributed by atoms with E-state index < -0.39 is 0 Å². The number of carbonyl (C=O) groups is 1. The van der Waals surface area contributed by atoms with Gasteiger partial charge in [0.15, 0.2) is 5.96 Å². The van der Waals surface area contributed by atoms with E-state index in [1.54, 1.807) is 7.05 Å². The number of halogens is 1. The van der Waals surface area contributed by atoms with Gasteiger partial charge in [-0.3, -0.25) is 9.79 Å². The van der Waals surface area contributed by atoms with Crippen LogP contribution in [-0.2, 0) is 6.54 Å². The molecule has 1 heterocycles. The Bertz CT molecular complexity index is 703. The van der Waals surface area contributed by atoms with Crippen LogP contribution in [0.2, 0.25) is 5.02 Å². The molecule has 1 amide bonds. The first-order valence-corrected chi connectivity index (χ1v) is 9.34. The van der Waals surface area contributed by atoms with Crippen molar-refractivity contribution in [1.29, 1.82) is 0 Å². The van der Waals surface area contributed by atoms with Gasteiger partial charge >= 0.3 is 0 Å². The van der Waals surface area contributed by atoms with Gasteiger partial charge in [0.05, 0.1) is 4.88 Å². The summed E-state index contributed by atoms with van der Waals surface area (Å²) in [6.45, 7) is 2.07. The van der Waals surface area contributed by atoms with Gasteiger partial charge in [-0.1, -0.05) is 29.8 Å². The number of nitrogens with one attached hydrogen (secondary N) is 2. The Labute approximate surface area is 157 Å². The SMILES string of the molecule is CN=C(NCCCNC(=O)c1cccs1)N(C)Cc1cccc(Cl)c1. The molecule has 0 saturated heterocycles. The molecule has 2 rings (SSSR count). The van der Waals surface area contributed by atoms with E-state index in [0.717, 1.165) is 40.9 Å². The summed E-state index contributed by atoms with van der Waals surface area (Å²) in [5, 5.41) is 8.85. The van der Waals surface area contributed by atoms with Crippen molar-refractivity contribution in [2.24, 2.45) is 4.99 Å². The minimum absolute atomic E-state index is 0.0162. The Morgan fingerprint density at radius 3 is 2.72 bits per heavy atom. The van der Waals surface area contributed by atoms with Crippen LogP contribution in [0, 0.1) is 0 Å². The van der Waals surface area contributed by atoms with Gasteiger partial charge in [0.25, 0.3) is 5.91 Å². The van der Waals surface area contributed by atoms with Crippen LogP contribution in [0.15, 0.2) is 46.8 Å². The highest BCUT2D eigenvalue weighted by molar-refractivity contribution is 7.12. The van der Waals surface area contributed by atoms with Crippen molar-refractivity contribution in [3.05, 3.63) is 57.2 Å². The number of aliphatic imine (C=N–C) groups is 1. The van der Waals surface area contributed by atoms with Crippen LogP contribution in [0.1, 0.15) is 21.7 Å². The van der Waals surface area contributed by atoms with Gasteiger partial charge in [-0.25, -0.2) is 0 Å². The second kappa shape index (κ2) is 10.1. The van der Waals surface area contributed by atoms with Crippen molar-refractivity contribution in [3.63, 3.8) is 0 Å². The maximum absolute atomic E-state index is 11.8. The molecular formula is C18H23ClN4OS. The number of guanidine groups is 1. The van der Waals surface area contributed by atoms with Crippen molar-refractivity contribution in [3.8, 4) is 0 Å². The summed E-state index contributed by atoms with van der Waals surface area (Å²) in [4.78, 5) is 18.9. The third-order valence-electron chi connectivity index (χ3n) is 3.55. The van der Waals surface area contributed by atoms with Gasteiger partial charge < -0.3 is 15.5 Å². The van der Waals surface area contributed by atoms with Crippen LogP contribution in [-0.4, -0.2) is 44.0 Å². The minimum Gasteiger partial charge on any atom is -0.356 e. The van der Waals surface area contributed by atoms with Crippen molar-refractivity contribution in [2.75, 3.05) is 27.2 Å². The van der Waals surface area contributed by atoms with E-state index in [1.807, 2.05) is 53.7 Å². The number of nitrogens with zero attached hydrogens (tertiary/aromatic N) is 2. The maximum atomic E-state index is 11.8. The summed E-state index contributed by atoms with van der Waals surface area (Å²) in [5.74, 6) is 0.794. The smallest absolute Gasteiger partial charge is 0.261 e. The van der Waals surface area contributed by atoms with Crippen LogP contribution in [0.5, 0.6) is 0 Å². The molecule has 7 heteroatoms. The Balaban J connectivity index is 1.70. The molecule has 0 radical (unpaired) electrons. The highest BCUT2D eigenvalue weighted by Crippen LogP contribution is 2.12. The number of carbonyl (C=O) groups excluding carboxylic acids is 1. The predicted molar refractivity (Wildman–Crippen MR) is 106 cm³/mol. The lowest BCUT2D eigenvalue weighted by Crippen LogP contribution is -2.39. The van der Waals surface area contributed by atoms with Crippen LogP contribution < -0.4 is 10.6 Å². The molecule has 0 aliphatic carbocycles. The molecule has 0 bridgehead atoms. The molecule has 0 atom stereocenters. The van der Waals surface area contributed by atoms with E-state index >= 15 is 0 Å². The third kappa shape index (κ3) is 6.40. The minimum atomic E-state index is -0.0162. The van der Waals surface area contributed by atoms with Gasteiger partial charge in [-0.2, -0.15) is 0 Å². The first-order valence-electron chi connectivity index (χ1n) is 8.08. The van der Waals surface area contributed by atoms with Gasteiger partial charge in [0, 0.05) is 38.8 Å². The summed E-state index contributed by atoms with van der Waals surface area (Å²) >= 11 is 7.47. The van der Waals surface area contributed by atoms with E-state index in [0.29, 0.717) is 6.54 Å². The van der Waals surface area contributed by atoms with Gasteiger partial charge in [-0.15, -0.1) is 11.3 Å². The number of rotatable bonds is 7. The Morgan fingerprint density at radius 1 is 1.24 bits per heavy atom. The van der Waals surface area contributed by atoms with Crippen LogP contribution >= 0.6 is 22.9 Å². The molecule has 2 aromatic rings. The van der Waals surface area contributed by atoms with Gasteiger partial charge in [0.1, 0.15) is 0 Å². The monoisotopic (exact) mass is 378 g/mol. The van der Waals surface area contributed by atoms with E-state index in [9.17, 15) is 4.79 Å². The Hall–Kier alpha value is -2.05. The molecule has 2 N–H and O–H groups in total. The molecule has 1 aromatic heterocycles. The van der Waals surface area contributed by atoms with Crippen LogP contribution in [0.3, 0.4) is 0 Å². The zero-order valence-electron chi connectivity index (χ0n) is 14.5. The average molecular weight is 379 g/mol. The standard InChI is InChI=1S/C18H23ClN4OS/c1-20-18(23(2)13-14-6-3-7-15(19)12-14)22-10-5-9-21-17(24)16-8-4-11-25-16/h3-4,6-8,11-12H,5,9-10,13H2,1-2H3,(H,20,22)(H,21,24). The fourth-order valence-electron chi connectivity index (χ4n) is 2.35. The summed E-state index contributed by atoms with van der Waals surface area (Å²) in [6.07, 6.45) is 0.821. The molecule has 5 nitrogen and oxygen atoms in total. The van der Waals surface area contributed by atoms with E-state index in [2.05, 4.69) is 15.6 Å². The molecular weight excluding hydrogens is 356 g/mol. The van der Waals surface area contributed by atoms with Crippen molar-refractivity contribution in [2.45, 2.75) is 13.0 Å². The van der Waals surface area contributed by atoms with E-state index in [4.69, 9.17) is 11.6 Å². The lowest BCUT2D eigenvalue weighted by atomic mass is 10.2. The second-order valence-corrected chi connectivity index (χ2v) is 6.93. The quantitative estimate of drug-likeness (QED) is 0.442. The summed E-state index contributed by atoms with van der Waals surface area (Å²) in [5.41, 5.74) is 1.13. The number of hydrogen-bond donors (Lipinski definition) is 2. The largest absolute Gasteiger partial charge is 0.356 e. The number of hydrogen-bond acceptors (Lipinski definition) is 3. The summed E-state index contributed by atoms with van der Waals surface area (Å²) in [6, 6.07) is 11.5. The fourth-order valence-corrected chi connectivity index (χ4v) is 3.21. The number of thiophene rings is 1. The maximum Gasteiger partial charge on any atom is 0.261 e. The molecule has 0 aliphatic heterocycles. The van der Waals surface area contributed by atoms with Gasteiger partial charge in [0.2, 0.25) is 0 Å². The predicted octanol–water partition coefficient (Wildman–Crippen LogP) is 3.23. The second-order valence-electron chi connectivity index (χ2n) is 5.55. The molecule has 0 spiro atoms. The first-order chi connectivity index (χ1) is 12.1. The lowest BCUT2D eigenvalue weighted by molar-refractivity contribution is 0.0957. The van der Waals surface area contributed by atoms with Crippen molar-refractivity contribution < 1.29 is 4.79 Å². The fraction of sp³-hybridized carbons (Fsp3) is 0.333. The Kier molecular flexibility index (Phi) is 7.76. The molecule has 25 heavy (non-hydrogen) atoms. The Morgan fingerprint density at radius 2 is 2.04 bits per heavy atom. The number of benzene rings is 1. The van der Waals surface area contributed by atoms with Crippen LogP contribution in [0.4, 0.5) is 0 Å². The molecule has 0 aliphatic rings. The van der Waals surface area contributed by atoms with Crippen LogP contribution in [0.25, 0.3) is 0 Å². The average Bonchev–Trinajstić information content (AvgIpc) is 3.12. The highest BCUT2D eigenvalue weighted by Gasteiger charge is 2.07. The van der Waals surface area contributed by atoms with E-state index in [-0.39, 0.29) is 5.91 Å². The molecule has 0 unspecified atom stereocenters. The summed E-state index contributed by atoms with van der Waals surface area (Å²) in [7, 11) is 3.74. The third-order valence-corrected chi connectivity index (χ3v) is 4.65.